The highest BCUT2D eigenvalue weighted by Gasteiger charge is 2.35. The molecule has 0 amide bonds. The van der Waals surface area contributed by atoms with Crippen LogP contribution in [0.1, 0.15) is 39.7 Å². The molecule has 28 heavy (non-hydrogen) atoms. The van der Waals surface area contributed by atoms with Gasteiger partial charge in [-0.15, -0.1) is 11.3 Å². The highest BCUT2D eigenvalue weighted by molar-refractivity contribution is 7.91. The number of anilines is 1. The molecule has 3 rings (SSSR count). The van der Waals surface area contributed by atoms with Gasteiger partial charge in [0.2, 0.25) is 0 Å². The van der Waals surface area contributed by atoms with Gasteiger partial charge in [-0.3, -0.25) is 0 Å². The quantitative estimate of drug-likeness (QED) is 0.767. The highest BCUT2D eigenvalue weighted by atomic mass is 32.2. The van der Waals surface area contributed by atoms with Crippen molar-refractivity contribution < 1.29 is 13.5 Å². The molecule has 0 unspecified atom stereocenters. The first-order chi connectivity index (χ1) is 13.1. The van der Waals surface area contributed by atoms with E-state index in [9.17, 15) is 13.5 Å². The van der Waals surface area contributed by atoms with E-state index < -0.39 is 15.6 Å². The predicted molar refractivity (Wildman–Crippen MR) is 115 cm³/mol. The number of benzene rings is 1. The molecule has 1 fully saturated rings. The minimum Gasteiger partial charge on any atom is -0.386 e. The van der Waals surface area contributed by atoms with E-state index in [0.717, 1.165) is 17.7 Å². The van der Waals surface area contributed by atoms with Crippen LogP contribution in [-0.2, 0) is 15.6 Å². The molecule has 1 aromatic carbocycles. The van der Waals surface area contributed by atoms with E-state index in [1.54, 1.807) is 35.7 Å². The molecular weight excluding hydrogens is 392 g/mol. The van der Waals surface area contributed by atoms with Gasteiger partial charge in [0, 0.05) is 31.4 Å². The van der Waals surface area contributed by atoms with Gasteiger partial charge < -0.3 is 10.0 Å². The van der Waals surface area contributed by atoms with E-state index in [1.807, 2.05) is 24.3 Å². The number of hydrogen-bond acceptors (Lipinski definition) is 5. The summed E-state index contributed by atoms with van der Waals surface area (Å²) in [7, 11) is -3.43. The minimum absolute atomic E-state index is 0.122. The zero-order chi connectivity index (χ0) is 20.5. The normalized spacial score (nSPS) is 19.4. The van der Waals surface area contributed by atoms with Gasteiger partial charge in [0.05, 0.1) is 5.60 Å². The first kappa shape index (κ1) is 21.3. The third-order valence-electron chi connectivity index (χ3n) is 5.18. The predicted octanol–water partition coefficient (Wildman–Crippen LogP) is 3.90. The van der Waals surface area contributed by atoms with Crippen molar-refractivity contribution in [2.75, 3.05) is 24.5 Å². The Hall–Kier alpha value is -1.41. The maximum absolute atomic E-state index is 13.0. The molecule has 0 saturated carbocycles. The monoisotopic (exact) mass is 422 g/mol. The van der Waals surface area contributed by atoms with Crippen LogP contribution in [0.15, 0.2) is 46.0 Å². The van der Waals surface area contributed by atoms with Crippen LogP contribution in [0.25, 0.3) is 0 Å². The fourth-order valence-corrected chi connectivity index (χ4v) is 6.34. The first-order valence-electron chi connectivity index (χ1n) is 9.72. The Balaban J connectivity index is 1.83. The molecule has 0 radical (unpaired) electrons. The van der Waals surface area contributed by atoms with Gasteiger partial charge in [-0.05, 0) is 55.3 Å². The molecule has 7 heteroatoms. The summed E-state index contributed by atoms with van der Waals surface area (Å²) in [6.07, 6.45) is 0.920. The first-order valence-corrected chi connectivity index (χ1v) is 12.0. The topological polar surface area (TPSA) is 60.9 Å². The Morgan fingerprint density at radius 1 is 1.18 bits per heavy atom. The summed E-state index contributed by atoms with van der Waals surface area (Å²) >= 11 is 1.27. The van der Waals surface area contributed by atoms with Crippen LogP contribution < -0.4 is 4.90 Å². The number of rotatable bonds is 6. The second-order valence-corrected chi connectivity index (χ2v) is 11.5. The lowest BCUT2D eigenvalue weighted by atomic mass is 9.97. The van der Waals surface area contributed by atoms with E-state index in [4.69, 9.17) is 0 Å². The van der Waals surface area contributed by atoms with Gasteiger partial charge in [0.25, 0.3) is 10.0 Å². The molecule has 0 spiro atoms. The van der Waals surface area contributed by atoms with Crippen molar-refractivity contribution in [3.8, 4) is 0 Å². The van der Waals surface area contributed by atoms with Crippen molar-refractivity contribution in [3.63, 3.8) is 0 Å². The van der Waals surface area contributed by atoms with Gasteiger partial charge in [-0.25, -0.2) is 8.42 Å². The van der Waals surface area contributed by atoms with Crippen LogP contribution in [0.2, 0.25) is 0 Å². The smallest absolute Gasteiger partial charge is 0.252 e. The number of piperazine rings is 1. The molecule has 0 bridgehead atoms. The average molecular weight is 423 g/mol. The van der Waals surface area contributed by atoms with Crippen LogP contribution in [-0.4, -0.2) is 43.5 Å². The van der Waals surface area contributed by atoms with E-state index in [1.165, 1.54) is 11.3 Å². The Morgan fingerprint density at radius 2 is 1.86 bits per heavy atom. The zero-order valence-corrected chi connectivity index (χ0v) is 18.6. The molecule has 5 nitrogen and oxygen atoms in total. The van der Waals surface area contributed by atoms with Crippen molar-refractivity contribution in [2.24, 2.45) is 5.92 Å². The molecule has 2 heterocycles. The van der Waals surface area contributed by atoms with Crippen molar-refractivity contribution in [1.82, 2.24) is 4.31 Å². The molecule has 2 aromatic rings. The molecular formula is C21H30N2O3S2. The summed E-state index contributed by atoms with van der Waals surface area (Å²) in [5.74, 6) is 0.465. The molecule has 0 aliphatic carbocycles. The summed E-state index contributed by atoms with van der Waals surface area (Å²) in [6, 6.07) is 11.6. The second kappa shape index (κ2) is 8.14. The Labute approximate surface area is 172 Å². The molecule has 1 N–H and O–H groups in total. The molecule has 1 atom stereocenters. The fourth-order valence-electron chi connectivity index (χ4n) is 3.73. The second-order valence-electron chi connectivity index (χ2n) is 8.38. The number of hydrogen-bond donors (Lipinski definition) is 1. The summed E-state index contributed by atoms with van der Waals surface area (Å²) < 4.78 is 28.0. The van der Waals surface area contributed by atoms with Gasteiger partial charge in [0.1, 0.15) is 4.21 Å². The van der Waals surface area contributed by atoms with E-state index in [0.29, 0.717) is 29.8 Å². The number of nitrogens with zero attached hydrogens (tertiary/aromatic N) is 2. The zero-order valence-electron chi connectivity index (χ0n) is 17.0. The van der Waals surface area contributed by atoms with Crippen LogP contribution in [0, 0.1) is 5.92 Å². The largest absolute Gasteiger partial charge is 0.386 e. The maximum Gasteiger partial charge on any atom is 0.252 e. The fraction of sp³-hybridized carbons (Fsp3) is 0.524. The van der Waals surface area contributed by atoms with Crippen LogP contribution >= 0.6 is 11.3 Å². The number of sulfonamides is 1. The van der Waals surface area contributed by atoms with E-state index in [-0.39, 0.29) is 6.04 Å². The highest BCUT2D eigenvalue weighted by Crippen LogP contribution is 2.30. The third kappa shape index (κ3) is 4.59. The Kier molecular flexibility index (Phi) is 6.20. The van der Waals surface area contributed by atoms with Gasteiger partial charge in [-0.1, -0.05) is 32.0 Å². The van der Waals surface area contributed by atoms with Crippen molar-refractivity contribution in [1.29, 1.82) is 0 Å². The average Bonchev–Trinajstić information content (AvgIpc) is 3.16. The lowest BCUT2D eigenvalue weighted by Crippen LogP contribution is -2.55. The molecule has 1 aliphatic heterocycles. The van der Waals surface area contributed by atoms with E-state index in [2.05, 4.69) is 18.7 Å². The summed E-state index contributed by atoms with van der Waals surface area (Å²) in [5.41, 5.74) is 1.07. The lowest BCUT2D eigenvalue weighted by Gasteiger charge is -2.43. The Bertz CT molecular complexity index is 869. The van der Waals surface area contributed by atoms with E-state index >= 15 is 0 Å². The molecule has 1 aromatic heterocycles. The van der Waals surface area contributed by atoms with Crippen LogP contribution in [0.3, 0.4) is 0 Å². The standard InChI is InChI=1S/C21H30N2O3S2/c1-16(2)14-19-15-22(28(25,26)20-6-5-13-27-20)11-12-23(19)18-9-7-17(8-10-18)21(3,4)24/h5-10,13,16,19,24H,11-12,14-15H2,1-4H3/t19-/m1/s1. The molecule has 154 valence electrons. The summed E-state index contributed by atoms with van der Waals surface area (Å²) in [5, 5.41) is 12.0. The maximum atomic E-state index is 13.0. The van der Waals surface area contributed by atoms with Crippen molar-refractivity contribution in [2.45, 2.75) is 50.0 Å². The van der Waals surface area contributed by atoms with Crippen LogP contribution in [0.4, 0.5) is 5.69 Å². The Morgan fingerprint density at radius 3 is 2.39 bits per heavy atom. The van der Waals surface area contributed by atoms with Gasteiger partial charge in [-0.2, -0.15) is 4.31 Å². The molecule has 1 saturated heterocycles. The van der Waals surface area contributed by atoms with Gasteiger partial charge in [0.15, 0.2) is 0 Å². The lowest BCUT2D eigenvalue weighted by molar-refractivity contribution is 0.0786. The summed E-state index contributed by atoms with van der Waals surface area (Å²) in [4.78, 5) is 2.31. The van der Waals surface area contributed by atoms with Crippen molar-refractivity contribution >= 4 is 27.0 Å². The third-order valence-corrected chi connectivity index (χ3v) is 8.42. The minimum atomic E-state index is -3.43. The number of thiophene rings is 1. The van der Waals surface area contributed by atoms with Crippen molar-refractivity contribution in [3.05, 3.63) is 47.3 Å². The van der Waals surface area contributed by atoms with Crippen LogP contribution in [0.5, 0.6) is 0 Å². The molecule has 1 aliphatic rings. The SMILES string of the molecule is CC(C)C[C@@H]1CN(S(=O)(=O)c2cccs2)CCN1c1ccc(C(C)(C)O)cc1. The van der Waals surface area contributed by atoms with Gasteiger partial charge >= 0.3 is 0 Å². The summed E-state index contributed by atoms with van der Waals surface area (Å²) in [6.45, 7) is 9.51. The number of aliphatic hydroxyl groups is 1.